The van der Waals surface area contributed by atoms with Crippen LogP contribution in [0.4, 0.5) is 0 Å². The number of likely N-dealkylation sites (N-methyl/N-ethyl adjacent to an activating group) is 1. The first-order valence-corrected chi connectivity index (χ1v) is 14.2. The summed E-state index contributed by atoms with van der Waals surface area (Å²) >= 11 is 7.64. The first-order valence-electron chi connectivity index (χ1n) is 13.0. The van der Waals surface area contributed by atoms with E-state index in [2.05, 4.69) is 10.3 Å². The van der Waals surface area contributed by atoms with Crippen molar-refractivity contribution in [2.75, 3.05) is 20.6 Å². The second-order valence-corrected chi connectivity index (χ2v) is 11.6. The summed E-state index contributed by atoms with van der Waals surface area (Å²) in [5.41, 5.74) is 0.852. The highest BCUT2D eigenvalue weighted by Crippen LogP contribution is 2.31. The van der Waals surface area contributed by atoms with Gasteiger partial charge in [0.25, 0.3) is 0 Å². The van der Waals surface area contributed by atoms with Gasteiger partial charge in [0, 0.05) is 43.3 Å². The maximum absolute atomic E-state index is 13.5. The molecule has 3 rings (SSSR count). The molecule has 1 fully saturated rings. The van der Waals surface area contributed by atoms with Gasteiger partial charge in [-0.1, -0.05) is 37.4 Å². The number of ketones is 2. The summed E-state index contributed by atoms with van der Waals surface area (Å²) in [7, 11) is 3.92. The molecule has 0 spiro atoms. The van der Waals surface area contributed by atoms with Crippen molar-refractivity contribution >= 4 is 50.6 Å². The quantitative estimate of drug-likeness (QED) is 0.320. The van der Waals surface area contributed by atoms with Crippen LogP contribution in [0.25, 0.3) is 10.2 Å². The number of rotatable bonds is 14. The highest BCUT2D eigenvalue weighted by Gasteiger charge is 2.30. The predicted octanol–water partition coefficient (Wildman–Crippen LogP) is 5.62. The molecule has 1 heterocycles. The maximum Gasteiger partial charge on any atom is 0.224 e. The zero-order valence-electron chi connectivity index (χ0n) is 21.6. The lowest BCUT2D eigenvalue weighted by atomic mass is 9.91. The number of carbonyl (C=O) groups is 3. The summed E-state index contributed by atoms with van der Waals surface area (Å²) in [6.45, 7) is 2.55. The molecule has 8 heteroatoms. The van der Waals surface area contributed by atoms with Gasteiger partial charge in [-0.2, -0.15) is 0 Å². The number of hydrogen-bond acceptors (Lipinski definition) is 6. The molecular weight excluding hydrogens is 494 g/mol. The molecule has 36 heavy (non-hydrogen) atoms. The van der Waals surface area contributed by atoms with Crippen LogP contribution in [0.15, 0.2) is 30.4 Å². The normalized spacial score (nSPS) is 16.1. The highest BCUT2D eigenvalue weighted by molar-refractivity contribution is 7.18. The zero-order valence-corrected chi connectivity index (χ0v) is 23.2. The van der Waals surface area contributed by atoms with Crippen LogP contribution in [-0.4, -0.2) is 54.0 Å². The largest absolute Gasteiger partial charge is 0.353 e. The van der Waals surface area contributed by atoms with E-state index in [0.717, 1.165) is 47.5 Å². The minimum atomic E-state index is -0.479. The maximum atomic E-state index is 13.5. The number of nitrogens with one attached hydrogen (secondary N) is 1. The standard InChI is InChI=1S/C28H38ClN3O3S/c1-4-22(33)16-20(17-27-30-25-13-11-21(29)18-26(25)36-27)28(35)31-24(19-8-5-6-9-19)14-12-23(34)10-7-15-32(2)3/h7,10-11,13,18-20,24H,4-6,8-9,12,14-17H2,1-3H3,(H,31,35)/b10-7+/t20-,24+/m0/s1. The topological polar surface area (TPSA) is 79.4 Å². The van der Waals surface area contributed by atoms with Crippen molar-refractivity contribution < 1.29 is 14.4 Å². The summed E-state index contributed by atoms with van der Waals surface area (Å²) in [5, 5.41) is 4.74. The number of amides is 1. The number of allylic oxidation sites excluding steroid dienone is 1. The average Bonchev–Trinajstić information content (AvgIpc) is 3.50. The van der Waals surface area contributed by atoms with Crippen molar-refractivity contribution in [2.24, 2.45) is 11.8 Å². The third kappa shape index (κ3) is 8.79. The smallest absolute Gasteiger partial charge is 0.224 e. The molecule has 2 aromatic rings. The number of halogens is 1. The molecule has 1 N–H and O–H groups in total. The molecule has 1 amide bonds. The lowest BCUT2D eigenvalue weighted by Gasteiger charge is -2.27. The average molecular weight is 532 g/mol. The second-order valence-electron chi connectivity index (χ2n) is 10.0. The lowest BCUT2D eigenvalue weighted by Crippen LogP contribution is -2.44. The Balaban J connectivity index is 1.70. The third-order valence-electron chi connectivity index (χ3n) is 6.83. The van der Waals surface area contributed by atoms with Crippen molar-refractivity contribution in [3.8, 4) is 0 Å². The van der Waals surface area contributed by atoms with E-state index in [4.69, 9.17) is 11.6 Å². The molecule has 1 aliphatic carbocycles. The van der Waals surface area contributed by atoms with E-state index < -0.39 is 5.92 Å². The van der Waals surface area contributed by atoms with Gasteiger partial charge >= 0.3 is 0 Å². The molecule has 0 saturated heterocycles. The van der Waals surface area contributed by atoms with E-state index in [-0.39, 0.29) is 29.9 Å². The highest BCUT2D eigenvalue weighted by atomic mass is 35.5. The van der Waals surface area contributed by atoms with E-state index in [0.29, 0.717) is 36.6 Å². The number of fused-ring (bicyclic) bond motifs is 1. The van der Waals surface area contributed by atoms with Crippen molar-refractivity contribution in [2.45, 2.75) is 70.8 Å². The number of hydrogen-bond donors (Lipinski definition) is 1. The number of carbonyl (C=O) groups excluding carboxylic acids is 3. The van der Waals surface area contributed by atoms with Crippen LogP contribution in [0.5, 0.6) is 0 Å². The Morgan fingerprint density at radius 1 is 1.25 bits per heavy atom. The molecule has 2 atom stereocenters. The zero-order chi connectivity index (χ0) is 26.1. The fourth-order valence-corrected chi connectivity index (χ4v) is 6.11. The summed E-state index contributed by atoms with van der Waals surface area (Å²) in [6, 6.07) is 5.51. The molecular formula is C28H38ClN3O3S. The monoisotopic (exact) mass is 531 g/mol. The Labute approximate surface area is 223 Å². The van der Waals surface area contributed by atoms with E-state index in [1.165, 1.54) is 11.3 Å². The Morgan fingerprint density at radius 3 is 2.69 bits per heavy atom. The first kappa shape index (κ1) is 28.5. The molecule has 1 aromatic carbocycles. The van der Waals surface area contributed by atoms with Crippen LogP contribution in [0.3, 0.4) is 0 Å². The van der Waals surface area contributed by atoms with Gasteiger partial charge in [-0.25, -0.2) is 4.98 Å². The third-order valence-corrected chi connectivity index (χ3v) is 8.10. The van der Waals surface area contributed by atoms with Gasteiger partial charge in [0.1, 0.15) is 5.78 Å². The van der Waals surface area contributed by atoms with Crippen LogP contribution < -0.4 is 5.32 Å². The van der Waals surface area contributed by atoms with Gasteiger partial charge in [0.05, 0.1) is 21.1 Å². The minimum Gasteiger partial charge on any atom is -0.353 e. The Morgan fingerprint density at radius 2 is 2.00 bits per heavy atom. The van der Waals surface area contributed by atoms with E-state index in [9.17, 15) is 14.4 Å². The molecule has 1 saturated carbocycles. The molecule has 0 radical (unpaired) electrons. The molecule has 0 bridgehead atoms. The Bertz CT molecular complexity index is 1080. The van der Waals surface area contributed by atoms with Crippen LogP contribution in [0.2, 0.25) is 5.02 Å². The van der Waals surface area contributed by atoms with Gasteiger partial charge in [0.15, 0.2) is 5.78 Å². The first-order chi connectivity index (χ1) is 17.2. The van der Waals surface area contributed by atoms with Crippen LogP contribution in [-0.2, 0) is 20.8 Å². The Kier molecular flexibility index (Phi) is 11.1. The minimum absolute atomic E-state index is 0.0559. The van der Waals surface area contributed by atoms with E-state index in [1.54, 1.807) is 12.1 Å². The fraction of sp³-hybridized carbons (Fsp3) is 0.571. The SMILES string of the molecule is CCC(=O)C[C@@H](Cc1nc2ccc(Cl)cc2s1)C(=O)N[C@H](CCC(=O)/C=C/CN(C)C)C1CCCC1. The van der Waals surface area contributed by atoms with E-state index in [1.807, 2.05) is 44.1 Å². The number of thiazole rings is 1. The van der Waals surface area contributed by atoms with Crippen molar-refractivity contribution in [3.63, 3.8) is 0 Å². The van der Waals surface area contributed by atoms with Gasteiger partial charge < -0.3 is 10.2 Å². The van der Waals surface area contributed by atoms with Crippen molar-refractivity contribution in [3.05, 3.63) is 40.4 Å². The van der Waals surface area contributed by atoms with Crippen molar-refractivity contribution in [1.82, 2.24) is 15.2 Å². The summed E-state index contributed by atoms with van der Waals surface area (Å²) in [4.78, 5) is 45.0. The lowest BCUT2D eigenvalue weighted by molar-refractivity contribution is -0.130. The van der Waals surface area contributed by atoms with Gasteiger partial charge in [0.2, 0.25) is 5.91 Å². The summed E-state index contributed by atoms with van der Waals surface area (Å²) < 4.78 is 0.975. The molecule has 0 unspecified atom stereocenters. The number of aromatic nitrogens is 1. The number of nitrogens with zero attached hydrogens (tertiary/aromatic N) is 2. The molecule has 196 valence electrons. The van der Waals surface area contributed by atoms with Crippen LogP contribution >= 0.6 is 22.9 Å². The molecule has 1 aliphatic rings. The summed E-state index contributed by atoms with van der Waals surface area (Å²) in [6.07, 6.45) is 10.00. The number of Topliss-reactive ketones (excluding diaryl/α,β-unsaturated/α-hetero) is 1. The summed E-state index contributed by atoms with van der Waals surface area (Å²) in [5.74, 6) is -0.0628. The van der Waals surface area contributed by atoms with Gasteiger partial charge in [-0.05, 0) is 63.6 Å². The predicted molar refractivity (Wildman–Crippen MR) is 148 cm³/mol. The fourth-order valence-electron chi connectivity index (χ4n) is 4.78. The molecule has 1 aromatic heterocycles. The van der Waals surface area contributed by atoms with Crippen molar-refractivity contribution in [1.29, 1.82) is 0 Å². The Hall–Kier alpha value is -2.09. The van der Waals surface area contributed by atoms with Gasteiger partial charge in [-0.15, -0.1) is 11.3 Å². The molecule has 0 aliphatic heterocycles. The van der Waals surface area contributed by atoms with E-state index >= 15 is 0 Å². The number of benzene rings is 1. The van der Waals surface area contributed by atoms with Crippen LogP contribution in [0, 0.1) is 11.8 Å². The van der Waals surface area contributed by atoms with Crippen LogP contribution in [0.1, 0.15) is 63.3 Å². The second kappa shape index (κ2) is 14.0. The van der Waals surface area contributed by atoms with Gasteiger partial charge in [-0.3, -0.25) is 14.4 Å². The molecule has 6 nitrogen and oxygen atoms in total.